The van der Waals surface area contributed by atoms with E-state index in [9.17, 15) is 0 Å². The highest BCUT2D eigenvalue weighted by Gasteiger charge is 2.49. The Kier molecular flexibility index (Phi) is 15.2. The van der Waals surface area contributed by atoms with E-state index in [0.29, 0.717) is 65.4 Å². The summed E-state index contributed by atoms with van der Waals surface area (Å²) in [6.45, 7) is 10.6. The molecule has 246 valence electrons. The van der Waals surface area contributed by atoms with Crippen molar-refractivity contribution in [3.63, 3.8) is 0 Å². The smallest absolute Gasteiger partial charge is 0.374 e. The molecule has 3 aromatic rings. The number of rotatable bonds is 20. The fraction of sp³-hybridized carbons (Fsp3) is 0.514. The van der Waals surface area contributed by atoms with E-state index in [1.807, 2.05) is 91.0 Å². The predicted octanol–water partition coefficient (Wildman–Crippen LogP) is 7.74. The van der Waals surface area contributed by atoms with Gasteiger partial charge >= 0.3 is 9.05 Å². The molecule has 0 saturated heterocycles. The van der Waals surface area contributed by atoms with Crippen LogP contribution in [0.4, 0.5) is 0 Å². The van der Waals surface area contributed by atoms with E-state index in [0.717, 1.165) is 42.4 Å². The Balaban J connectivity index is 1.36. The second-order valence-electron chi connectivity index (χ2n) is 12.6. The molecule has 45 heavy (non-hydrogen) atoms. The molecule has 0 N–H and O–H groups in total. The van der Waals surface area contributed by atoms with E-state index in [4.69, 9.17) is 31.9 Å². The van der Waals surface area contributed by atoms with Gasteiger partial charge in [-0.15, -0.1) is 0 Å². The van der Waals surface area contributed by atoms with Crippen LogP contribution in [0.15, 0.2) is 91.0 Å². The topological polar surface area (TPSA) is 64.6 Å². The minimum Gasteiger partial charge on any atom is -0.374 e. The van der Waals surface area contributed by atoms with Crippen LogP contribution < -0.4 is 0 Å². The highest BCUT2D eigenvalue weighted by atomic mass is 28.4. The van der Waals surface area contributed by atoms with E-state index in [1.165, 1.54) is 0 Å². The second kappa shape index (κ2) is 19.3. The van der Waals surface area contributed by atoms with Crippen LogP contribution in [0.5, 0.6) is 0 Å². The molecule has 0 unspecified atom stereocenters. The van der Waals surface area contributed by atoms with Gasteiger partial charge in [0.2, 0.25) is 0 Å². The van der Waals surface area contributed by atoms with Crippen molar-refractivity contribution in [3.05, 3.63) is 108 Å². The zero-order valence-corrected chi connectivity index (χ0v) is 28.4. The summed E-state index contributed by atoms with van der Waals surface area (Å²) >= 11 is 0. The Labute approximate surface area is 271 Å². The molecule has 0 spiro atoms. The maximum atomic E-state index is 6.74. The van der Waals surface area contributed by atoms with Crippen LogP contribution in [0, 0.1) is 11.3 Å². The second-order valence-corrected chi connectivity index (χ2v) is 14.7. The molecule has 1 aliphatic carbocycles. The van der Waals surface area contributed by atoms with E-state index in [-0.39, 0.29) is 11.5 Å². The fourth-order valence-electron chi connectivity index (χ4n) is 5.45. The van der Waals surface area contributed by atoms with Crippen molar-refractivity contribution in [1.82, 2.24) is 0 Å². The summed E-state index contributed by atoms with van der Waals surface area (Å²) in [6, 6.07) is 30.4. The van der Waals surface area contributed by atoms with Gasteiger partial charge < -0.3 is 31.9 Å². The third-order valence-electron chi connectivity index (χ3n) is 8.06. The Hall–Kier alpha value is -2.40. The van der Waals surface area contributed by atoms with Gasteiger partial charge in [-0.25, -0.2) is 0 Å². The Morgan fingerprint density at radius 1 is 0.511 bits per heavy atom. The quantitative estimate of drug-likeness (QED) is 0.0929. The first-order valence-electron chi connectivity index (χ1n) is 16.4. The van der Waals surface area contributed by atoms with Crippen molar-refractivity contribution in [2.45, 2.75) is 72.4 Å². The molecule has 0 aliphatic heterocycles. The summed E-state index contributed by atoms with van der Waals surface area (Å²) in [5.74, 6) is 0.667. The van der Waals surface area contributed by atoms with Crippen molar-refractivity contribution in [1.29, 1.82) is 0 Å². The lowest BCUT2D eigenvalue weighted by atomic mass is 9.72. The molecule has 0 amide bonds. The Morgan fingerprint density at radius 2 is 0.867 bits per heavy atom. The average molecular weight is 637 g/mol. The fourth-order valence-corrected chi connectivity index (χ4v) is 7.55. The van der Waals surface area contributed by atoms with Crippen molar-refractivity contribution in [3.8, 4) is 0 Å². The molecular formula is C37H52O7Si. The van der Waals surface area contributed by atoms with Gasteiger partial charge in [-0.2, -0.15) is 0 Å². The highest BCUT2D eigenvalue weighted by molar-refractivity contribution is 6.53. The summed E-state index contributed by atoms with van der Waals surface area (Å²) in [5.41, 5.74) is 3.63. The van der Waals surface area contributed by atoms with Crippen LogP contribution in [-0.2, 0) is 51.7 Å². The highest BCUT2D eigenvalue weighted by Crippen LogP contribution is 2.39. The summed E-state index contributed by atoms with van der Waals surface area (Å²) in [7, 11) is -3.58. The third-order valence-corrected chi connectivity index (χ3v) is 10.4. The third kappa shape index (κ3) is 13.5. The molecule has 4 rings (SSSR count). The van der Waals surface area contributed by atoms with Crippen molar-refractivity contribution in [2.75, 3.05) is 39.6 Å². The van der Waals surface area contributed by atoms with E-state index >= 15 is 0 Å². The van der Waals surface area contributed by atoms with Crippen molar-refractivity contribution < 1.29 is 31.9 Å². The van der Waals surface area contributed by atoms with Crippen molar-refractivity contribution in [2.24, 2.45) is 11.3 Å². The molecule has 1 saturated carbocycles. The van der Waals surface area contributed by atoms with Crippen molar-refractivity contribution >= 4 is 9.05 Å². The van der Waals surface area contributed by atoms with E-state index < -0.39 is 9.05 Å². The Morgan fingerprint density at radius 3 is 1.20 bits per heavy atom. The number of ether oxygens (including phenoxy) is 3. The predicted molar refractivity (Wildman–Crippen MR) is 178 cm³/mol. The van der Waals surface area contributed by atoms with Gasteiger partial charge in [-0.05, 0) is 53.7 Å². The molecule has 0 radical (unpaired) electrons. The molecule has 0 bridgehead atoms. The first kappa shape index (κ1) is 35.5. The summed E-state index contributed by atoms with van der Waals surface area (Å²) < 4.78 is 43.8. The van der Waals surface area contributed by atoms with Gasteiger partial charge in [0.25, 0.3) is 0 Å². The number of benzene rings is 3. The lowest BCUT2D eigenvalue weighted by Crippen LogP contribution is -2.53. The van der Waals surface area contributed by atoms with Crippen LogP contribution in [0.3, 0.4) is 0 Å². The Bertz CT molecular complexity index is 1050. The number of hydrogen-bond donors (Lipinski definition) is 0. The van der Waals surface area contributed by atoms with Crippen LogP contribution >= 0.6 is 0 Å². The first-order valence-corrected chi connectivity index (χ1v) is 18.0. The lowest BCUT2D eigenvalue weighted by Gasteiger charge is -2.39. The normalized spacial score (nSPS) is 17.4. The average Bonchev–Trinajstić information content (AvgIpc) is 3.05. The van der Waals surface area contributed by atoms with Crippen LogP contribution in [0.25, 0.3) is 0 Å². The van der Waals surface area contributed by atoms with Gasteiger partial charge in [-0.1, -0.05) is 112 Å². The molecule has 3 aromatic carbocycles. The van der Waals surface area contributed by atoms with Gasteiger partial charge in [0, 0.05) is 0 Å². The standard InChI is InChI=1S/C37H52O7Si/c1-37(2,3)35-19-21-36(22-20-35)44-45(41-26-23-38-29-32-13-7-4-8-14-32,42-27-24-39-30-33-15-9-5-10-16-33)43-28-25-40-31-34-17-11-6-12-18-34/h4-18,35-36H,19-31H2,1-3H3. The number of hydrogen-bond acceptors (Lipinski definition) is 7. The largest absolute Gasteiger partial charge is 0.680 e. The minimum atomic E-state index is -3.58. The maximum absolute atomic E-state index is 6.74. The lowest BCUT2D eigenvalue weighted by molar-refractivity contribution is -0.0881. The van der Waals surface area contributed by atoms with E-state index in [2.05, 4.69) is 20.8 Å². The molecular weight excluding hydrogens is 584 g/mol. The van der Waals surface area contributed by atoms with Crippen LogP contribution in [0.2, 0.25) is 0 Å². The summed E-state index contributed by atoms with van der Waals surface area (Å²) in [4.78, 5) is 0. The van der Waals surface area contributed by atoms with E-state index in [1.54, 1.807) is 0 Å². The zero-order chi connectivity index (χ0) is 31.6. The first-order chi connectivity index (χ1) is 21.9. The minimum absolute atomic E-state index is 0.0102. The maximum Gasteiger partial charge on any atom is 0.680 e. The van der Waals surface area contributed by atoms with Gasteiger partial charge in [-0.3, -0.25) is 0 Å². The molecule has 1 aliphatic rings. The molecule has 0 heterocycles. The monoisotopic (exact) mass is 636 g/mol. The molecule has 0 atom stereocenters. The molecule has 8 heteroatoms. The van der Waals surface area contributed by atoms with Crippen LogP contribution in [-0.4, -0.2) is 54.8 Å². The van der Waals surface area contributed by atoms with Crippen LogP contribution in [0.1, 0.15) is 63.1 Å². The van der Waals surface area contributed by atoms with Gasteiger partial charge in [0.15, 0.2) is 0 Å². The summed E-state index contributed by atoms with van der Waals surface area (Å²) in [5, 5.41) is 0. The molecule has 0 aromatic heterocycles. The van der Waals surface area contributed by atoms with Gasteiger partial charge in [0.05, 0.1) is 65.6 Å². The summed E-state index contributed by atoms with van der Waals surface area (Å²) in [6.07, 6.45) is 4.13. The zero-order valence-electron chi connectivity index (χ0n) is 27.4. The molecule has 7 nitrogen and oxygen atoms in total. The molecule has 1 fully saturated rings. The SMILES string of the molecule is CC(C)(C)C1CCC(O[Si](OCCOCc2ccccc2)(OCCOCc2ccccc2)OCCOCc2ccccc2)CC1. The van der Waals surface area contributed by atoms with Gasteiger partial charge in [0.1, 0.15) is 0 Å².